The number of carbonyl (C=O) groups excluding carboxylic acids is 1. The zero-order valence-corrected chi connectivity index (χ0v) is 22.2. The number of nitrogens with zero attached hydrogens (tertiary/aromatic N) is 1. The Labute approximate surface area is 212 Å². The maximum Gasteiger partial charge on any atom is 0.264 e. The molecule has 1 amide bonds. The molecule has 9 heteroatoms. The number of hydrogen-bond donors (Lipinski definition) is 1. The first kappa shape index (κ1) is 26.9. The first-order valence-corrected chi connectivity index (χ1v) is 12.8. The summed E-state index contributed by atoms with van der Waals surface area (Å²) in [6.07, 6.45) is 0. The van der Waals surface area contributed by atoms with Gasteiger partial charge in [-0.1, -0.05) is 18.2 Å². The molecule has 0 bridgehead atoms. The van der Waals surface area contributed by atoms with Gasteiger partial charge in [0, 0.05) is 6.07 Å². The fourth-order valence-corrected chi connectivity index (χ4v) is 5.33. The molecule has 0 aliphatic heterocycles. The van der Waals surface area contributed by atoms with Crippen LogP contribution in [0.3, 0.4) is 0 Å². The number of hydrogen-bond acceptors (Lipinski definition) is 6. The maximum absolute atomic E-state index is 13.8. The molecule has 1 N–H and O–H groups in total. The standard InChI is InChI=1S/C27H32N2O6S/c1-18-13-19(2)15-22(14-18)29(36(31,32)24-11-12-25(34-5)26(16-24)35-6)17-27(30)28-20(3)21-7-9-23(33-4)10-8-21/h7-16,20H,17H2,1-6H3,(H,28,30). The van der Waals surface area contributed by atoms with Crippen molar-refractivity contribution >= 4 is 21.6 Å². The van der Waals surface area contributed by atoms with Gasteiger partial charge in [0.25, 0.3) is 10.0 Å². The molecule has 3 aromatic rings. The van der Waals surface area contributed by atoms with Crippen molar-refractivity contribution in [2.24, 2.45) is 0 Å². The van der Waals surface area contributed by atoms with Crippen LogP contribution >= 0.6 is 0 Å². The molecule has 0 heterocycles. The predicted molar refractivity (Wildman–Crippen MR) is 140 cm³/mol. The number of sulfonamides is 1. The summed E-state index contributed by atoms with van der Waals surface area (Å²) in [4.78, 5) is 13.1. The van der Waals surface area contributed by atoms with E-state index in [2.05, 4.69) is 5.32 Å². The smallest absolute Gasteiger partial charge is 0.264 e. The lowest BCUT2D eigenvalue weighted by atomic mass is 10.1. The summed E-state index contributed by atoms with van der Waals surface area (Å²) in [6.45, 7) is 5.19. The number of anilines is 1. The quantitative estimate of drug-likeness (QED) is 0.433. The number of rotatable bonds is 10. The third-order valence-corrected chi connectivity index (χ3v) is 7.49. The minimum Gasteiger partial charge on any atom is -0.497 e. The van der Waals surface area contributed by atoms with Gasteiger partial charge in [-0.25, -0.2) is 8.42 Å². The van der Waals surface area contributed by atoms with Crippen molar-refractivity contribution in [3.8, 4) is 17.2 Å². The van der Waals surface area contributed by atoms with Gasteiger partial charge in [-0.3, -0.25) is 9.10 Å². The van der Waals surface area contributed by atoms with Gasteiger partial charge in [0.05, 0.1) is 38.0 Å². The number of nitrogens with one attached hydrogen (secondary N) is 1. The highest BCUT2D eigenvalue weighted by Gasteiger charge is 2.29. The van der Waals surface area contributed by atoms with Gasteiger partial charge < -0.3 is 19.5 Å². The van der Waals surface area contributed by atoms with Crippen LogP contribution < -0.4 is 23.8 Å². The zero-order valence-electron chi connectivity index (χ0n) is 21.4. The number of carbonyl (C=O) groups is 1. The minimum absolute atomic E-state index is 0.0182. The molecule has 3 aromatic carbocycles. The summed E-state index contributed by atoms with van der Waals surface area (Å²) in [5.74, 6) is 0.942. The van der Waals surface area contributed by atoms with Crippen molar-refractivity contribution in [2.75, 3.05) is 32.2 Å². The molecule has 0 aliphatic rings. The topological polar surface area (TPSA) is 94.2 Å². The number of methoxy groups -OCH3 is 3. The maximum atomic E-state index is 13.8. The van der Waals surface area contributed by atoms with Crippen LogP contribution in [0.2, 0.25) is 0 Å². The second kappa shape index (κ2) is 11.3. The fourth-order valence-electron chi connectivity index (χ4n) is 3.91. The third-order valence-electron chi connectivity index (χ3n) is 5.72. The van der Waals surface area contributed by atoms with Crippen molar-refractivity contribution in [2.45, 2.75) is 31.7 Å². The van der Waals surface area contributed by atoms with Gasteiger partial charge in [0.1, 0.15) is 12.3 Å². The number of benzene rings is 3. The van der Waals surface area contributed by atoms with Crippen LogP contribution in [0.25, 0.3) is 0 Å². The van der Waals surface area contributed by atoms with Crippen molar-refractivity contribution in [3.05, 3.63) is 77.4 Å². The van der Waals surface area contributed by atoms with Crippen LogP contribution in [0.15, 0.2) is 65.6 Å². The Hall–Kier alpha value is -3.72. The molecule has 0 spiro atoms. The van der Waals surface area contributed by atoms with Crippen LogP contribution in [-0.4, -0.2) is 42.2 Å². The Kier molecular flexibility index (Phi) is 8.47. The highest BCUT2D eigenvalue weighted by Crippen LogP contribution is 2.32. The summed E-state index contributed by atoms with van der Waals surface area (Å²) < 4.78 is 44.5. The number of amides is 1. The van der Waals surface area contributed by atoms with E-state index in [-0.39, 0.29) is 16.7 Å². The molecule has 1 unspecified atom stereocenters. The Morgan fingerprint density at radius 3 is 2.03 bits per heavy atom. The number of ether oxygens (including phenoxy) is 3. The van der Waals surface area contributed by atoms with Crippen LogP contribution in [0.1, 0.15) is 29.7 Å². The third kappa shape index (κ3) is 6.09. The molecule has 1 atom stereocenters. The fraction of sp³-hybridized carbons (Fsp3) is 0.296. The lowest BCUT2D eigenvalue weighted by Gasteiger charge is -2.26. The predicted octanol–water partition coefficient (Wildman–Crippen LogP) is 4.40. The first-order valence-electron chi connectivity index (χ1n) is 11.4. The van der Waals surface area contributed by atoms with Gasteiger partial charge in [0.15, 0.2) is 11.5 Å². The van der Waals surface area contributed by atoms with E-state index >= 15 is 0 Å². The van der Waals surface area contributed by atoms with E-state index in [1.54, 1.807) is 31.4 Å². The second-order valence-corrected chi connectivity index (χ2v) is 10.3. The molecular weight excluding hydrogens is 480 g/mol. The summed E-state index contributed by atoms with van der Waals surface area (Å²) in [6, 6.07) is 16.8. The van der Waals surface area contributed by atoms with E-state index in [1.807, 2.05) is 39.0 Å². The summed E-state index contributed by atoms with van der Waals surface area (Å²) >= 11 is 0. The van der Waals surface area contributed by atoms with E-state index in [0.717, 1.165) is 21.0 Å². The first-order chi connectivity index (χ1) is 17.1. The van der Waals surface area contributed by atoms with Crippen molar-refractivity contribution < 1.29 is 27.4 Å². The van der Waals surface area contributed by atoms with Crippen LogP contribution in [-0.2, 0) is 14.8 Å². The van der Waals surface area contributed by atoms with Crippen molar-refractivity contribution in [1.29, 1.82) is 0 Å². The molecule has 36 heavy (non-hydrogen) atoms. The van der Waals surface area contributed by atoms with Crippen LogP contribution in [0.4, 0.5) is 5.69 Å². The summed E-state index contributed by atoms with van der Waals surface area (Å²) in [5, 5.41) is 2.90. The van der Waals surface area contributed by atoms with Crippen LogP contribution in [0.5, 0.6) is 17.2 Å². The van der Waals surface area contributed by atoms with Gasteiger partial charge in [0.2, 0.25) is 5.91 Å². The molecule has 192 valence electrons. The van der Waals surface area contributed by atoms with Crippen LogP contribution in [0, 0.1) is 13.8 Å². The monoisotopic (exact) mass is 512 g/mol. The molecule has 0 saturated heterocycles. The minimum atomic E-state index is -4.13. The SMILES string of the molecule is COc1ccc(C(C)NC(=O)CN(c2cc(C)cc(C)c2)S(=O)(=O)c2ccc(OC)c(OC)c2)cc1. The number of aryl methyl sites for hydroxylation is 2. The molecule has 3 rings (SSSR count). The van der Waals surface area contributed by atoms with Crippen molar-refractivity contribution in [3.63, 3.8) is 0 Å². The van der Waals surface area contributed by atoms with E-state index in [9.17, 15) is 13.2 Å². The molecule has 0 aliphatic carbocycles. The van der Waals surface area contributed by atoms with E-state index in [4.69, 9.17) is 14.2 Å². The summed E-state index contributed by atoms with van der Waals surface area (Å²) in [7, 11) is 0.364. The average Bonchev–Trinajstić information content (AvgIpc) is 2.86. The molecule has 0 saturated carbocycles. The molecular formula is C27H32N2O6S. The van der Waals surface area contributed by atoms with Gasteiger partial charge >= 0.3 is 0 Å². The molecule has 0 aromatic heterocycles. The lowest BCUT2D eigenvalue weighted by molar-refractivity contribution is -0.120. The Balaban J connectivity index is 1.96. The van der Waals surface area contributed by atoms with Gasteiger partial charge in [-0.05, 0) is 73.9 Å². The lowest BCUT2D eigenvalue weighted by Crippen LogP contribution is -2.41. The Bertz CT molecular complexity index is 1300. The molecule has 0 radical (unpaired) electrons. The largest absolute Gasteiger partial charge is 0.497 e. The highest BCUT2D eigenvalue weighted by atomic mass is 32.2. The summed E-state index contributed by atoms with van der Waals surface area (Å²) in [5.41, 5.74) is 3.02. The molecule has 0 fully saturated rings. The highest BCUT2D eigenvalue weighted by molar-refractivity contribution is 7.92. The van der Waals surface area contributed by atoms with Gasteiger partial charge in [-0.15, -0.1) is 0 Å². The molecule has 8 nitrogen and oxygen atoms in total. The Morgan fingerprint density at radius 2 is 1.47 bits per heavy atom. The average molecular weight is 513 g/mol. The van der Waals surface area contributed by atoms with Crippen molar-refractivity contribution in [1.82, 2.24) is 5.32 Å². The second-order valence-electron chi connectivity index (χ2n) is 8.44. The van der Waals surface area contributed by atoms with E-state index in [0.29, 0.717) is 17.2 Å². The normalized spacial score (nSPS) is 11.9. The van der Waals surface area contributed by atoms with Gasteiger partial charge in [-0.2, -0.15) is 0 Å². The van der Waals surface area contributed by atoms with E-state index in [1.165, 1.54) is 32.4 Å². The van der Waals surface area contributed by atoms with E-state index < -0.39 is 22.5 Å². The zero-order chi connectivity index (χ0) is 26.5. The Morgan fingerprint density at radius 1 is 0.861 bits per heavy atom.